The van der Waals surface area contributed by atoms with Crippen LogP contribution in [-0.4, -0.2) is 93.6 Å². The number of benzene rings is 2. The average molecular weight is 662 g/mol. The number of aromatic amines is 1. The smallest absolute Gasteiger partial charge is 0.399 e. The maximum atomic E-state index is 14.3. The number of fused-ring (bicyclic) bond motifs is 2. The molecule has 46 heavy (non-hydrogen) atoms. The van der Waals surface area contributed by atoms with Crippen molar-refractivity contribution in [1.29, 1.82) is 0 Å². The van der Waals surface area contributed by atoms with Crippen LogP contribution < -0.4 is 15.0 Å². The quantitative estimate of drug-likeness (QED) is 0.280. The molecule has 2 fully saturated rings. The molecule has 5 rings (SSSR count). The van der Waals surface area contributed by atoms with E-state index in [1.165, 1.54) is 34.8 Å². The Kier molecular flexibility index (Phi) is 8.95. The van der Waals surface area contributed by atoms with Crippen molar-refractivity contribution in [3.05, 3.63) is 59.8 Å². The molecule has 3 aromatic rings. The molecule has 2 aliphatic heterocycles. The zero-order valence-corrected chi connectivity index (χ0v) is 26.2. The maximum absolute atomic E-state index is 14.3. The average Bonchev–Trinajstić information content (AvgIpc) is 3.64. The lowest BCUT2D eigenvalue weighted by Gasteiger charge is -2.39. The van der Waals surface area contributed by atoms with Gasteiger partial charge in [0.25, 0.3) is 5.91 Å². The first-order valence-electron chi connectivity index (χ1n) is 14.5. The summed E-state index contributed by atoms with van der Waals surface area (Å²) in [6, 6.07) is 8.61. The SMILES string of the molecule is COc1ccccc1N(C)C(=O)[C@@H]1CC[C@@H]2CCN(C(C)=O)C[C@H](NC(=O)c3cc4cc(C(F)(F)P(=O)(O)O)ccc4[nH]3)C(=O)N21. The predicted octanol–water partition coefficient (Wildman–Crippen LogP) is 2.78. The summed E-state index contributed by atoms with van der Waals surface area (Å²) in [5, 5.41) is 2.72. The van der Waals surface area contributed by atoms with Crippen molar-refractivity contribution < 1.29 is 47.0 Å². The van der Waals surface area contributed by atoms with Gasteiger partial charge in [-0.3, -0.25) is 23.7 Å². The minimum Gasteiger partial charge on any atom is -0.495 e. The van der Waals surface area contributed by atoms with Crippen molar-refractivity contribution in [2.75, 3.05) is 32.1 Å². The van der Waals surface area contributed by atoms with E-state index >= 15 is 0 Å². The van der Waals surface area contributed by atoms with Crippen LogP contribution in [0.25, 0.3) is 10.9 Å². The van der Waals surface area contributed by atoms with Crippen molar-refractivity contribution in [3.8, 4) is 5.75 Å². The van der Waals surface area contributed by atoms with Crippen molar-refractivity contribution in [2.24, 2.45) is 0 Å². The zero-order chi connectivity index (χ0) is 33.6. The summed E-state index contributed by atoms with van der Waals surface area (Å²) < 4.78 is 45.4. The van der Waals surface area contributed by atoms with Gasteiger partial charge in [-0.1, -0.05) is 18.2 Å². The highest BCUT2D eigenvalue weighted by Crippen LogP contribution is 2.59. The number of anilines is 1. The molecule has 0 unspecified atom stereocenters. The minimum absolute atomic E-state index is 0.0785. The van der Waals surface area contributed by atoms with Crippen LogP contribution in [0.5, 0.6) is 5.75 Å². The highest BCUT2D eigenvalue weighted by Gasteiger charge is 2.50. The molecule has 2 saturated heterocycles. The lowest BCUT2D eigenvalue weighted by molar-refractivity contribution is -0.144. The Hall–Kier alpha value is -4.33. The van der Waals surface area contributed by atoms with E-state index in [0.29, 0.717) is 37.2 Å². The fourth-order valence-corrected chi connectivity index (χ4v) is 6.58. The normalized spacial score (nSPS) is 20.6. The number of carbonyl (C=O) groups is 4. The van der Waals surface area contributed by atoms with Crippen LogP contribution in [0.3, 0.4) is 0 Å². The largest absolute Gasteiger partial charge is 0.495 e. The van der Waals surface area contributed by atoms with E-state index in [-0.39, 0.29) is 41.0 Å². The standard InChI is InChI=1S/C30H34F2N5O8P/c1-17(38)36-13-12-20-9-11-25(29(41)35(2)24-6-4-5-7-26(24)45-3)37(20)28(40)23(16-36)34-27(39)22-15-18-14-19(8-10-21(18)33-22)30(31,32)46(42,43)44/h4-8,10,14-15,20,23,25,33H,9,11-13,16H2,1-3H3,(H,34,39)(H2,42,43,44)/t20-,23+,25+/m1/s1. The Labute approximate surface area is 262 Å². The lowest BCUT2D eigenvalue weighted by atomic mass is 10.1. The van der Waals surface area contributed by atoms with E-state index in [1.54, 1.807) is 31.3 Å². The first kappa shape index (κ1) is 33.0. The van der Waals surface area contributed by atoms with Gasteiger partial charge in [0.05, 0.1) is 12.8 Å². The fraction of sp³-hybridized carbons (Fsp3) is 0.400. The lowest BCUT2D eigenvalue weighted by Crippen LogP contribution is -2.61. The van der Waals surface area contributed by atoms with Crippen molar-refractivity contribution in [3.63, 3.8) is 0 Å². The first-order chi connectivity index (χ1) is 21.6. The second-order valence-corrected chi connectivity index (χ2v) is 13.1. The molecule has 3 heterocycles. The minimum atomic E-state index is -5.81. The second kappa shape index (κ2) is 12.5. The van der Waals surface area contributed by atoms with E-state index < -0.39 is 42.7 Å². The summed E-state index contributed by atoms with van der Waals surface area (Å²) >= 11 is 0. The third-order valence-corrected chi connectivity index (χ3v) is 9.57. The van der Waals surface area contributed by atoms with Gasteiger partial charge in [-0.05, 0) is 49.6 Å². The Morgan fingerprint density at radius 2 is 1.83 bits per heavy atom. The van der Waals surface area contributed by atoms with E-state index in [9.17, 15) is 32.5 Å². The fourth-order valence-electron chi connectivity index (χ4n) is 6.11. The second-order valence-electron chi connectivity index (χ2n) is 11.4. The third-order valence-electron chi connectivity index (χ3n) is 8.58. The Bertz CT molecular complexity index is 1740. The number of alkyl halides is 2. The predicted molar refractivity (Wildman–Crippen MR) is 162 cm³/mol. The summed E-state index contributed by atoms with van der Waals surface area (Å²) in [6.07, 6.45) is 1.33. The topological polar surface area (TPSA) is 173 Å². The van der Waals surface area contributed by atoms with Crippen LogP contribution >= 0.6 is 7.60 Å². The van der Waals surface area contributed by atoms with Crippen LogP contribution in [0.2, 0.25) is 0 Å². The van der Waals surface area contributed by atoms with Gasteiger partial charge in [0, 0.05) is 49.6 Å². The van der Waals surface area contributed by atoms with Gasteiger partial charge in [0.15, 0.2) is 0 Å². The molecule has 4 N–H and O–H groups in total. The number of aromatic nitrogens is 1. The highest BCUT2D eigenvalue weighted by atomic mass is 31.2. The van der Waals surface area contributed by atoms with Gasteiger partial charge in [-0.15, -0.1) is 0 Å². The van der Waals surface area contributed by atoms with E-state index in [4.69, 9.17) is 14.5 Å². The molecule has 0 spiro atoms. The van der Waals surface area contributed by atoms with Crippen LogP contribution in [0.1, 0.15) is 42.2 Å². The first-order valence-corrected chi connectivity index (χ1v) is 16.1. The van der Waals surface area contributed by atoms with E-state index in [2.05, 4.69) is 10.3 Å². The number of methoxy groups -OCH3 is 1. The number of nitrogens with zero attached hydrogens (tertiary/aromatic N) is 3. The zero-order valence-electron chi connectivity index (χ0n) is 25.3. The summed E-state index contributed by atoms with van der Waals surface area (Å²) in [4.78, 5) is 79.2. The maximum Gasteiger partial charge on any atom is 0.399 e. The Balaban J connectivity index is 1.42. The Morgan fingerprint density at radius 1 is 1.11 bits per heavy atom. The van der Waals surface area contributed by atoms with Crippen LogP contribution in [0.15, 0.2) is 48.5 Å². The number of carbonyl (C=O) groups excluding carboxylic acids is 4. The van der Waals surface area contributed by atoms with Crippen LogP contribution in [0, 0.1) is 0 Å². The van der Waals surface area contributed by atoms with Crippen LogP contribution in [-0.2, 0) is 24.6 Å². The molecule has 0 bridgehead atoms. The van der Waals surface area contributed by atoms with Gasteiger partial charge in [-0.2, -0.15) is 8.78 Å². The molecular weight excluding hydrogens is 627 g/mol. The molecule has 13 nitrogen and oxygen atoms in total. The van der Waals surface area contributed by atoms with Crippen molar-refractivity contribution in [1.82, 2.24) is 20.1 Å². The molecule has 2 aromatic carbocycles. The number of para-hydroxylation sites is 2. The number of likely N-dealkylation sites (N-methyl/N-ethyl adjacent to an activating group) is 1. The summed E-state index contributed by atoms with van der Waals surface area (Å²) in [5.41, 5.74) is -4.74. The molecule has 246 valence electrons. The van der Waals surface area contributed by atoms with Crippen molar-refractivity contribution >= 4 is 47.8 Å². The van der Waals surface area contributed by atoms with Gasteiger partial charge >= 0.3 is 13.3 Å². The van der Waals surface area contributed by atoms with E-state index in [1.807, 2.05) is 0 Å². The summed E-state index contributed by atoms with van der Waals surface area (Å²) in [7, 11) is -2.73. The molecule has 0 saturated carbocycles. The molecule has 1 aromatic heterocycles. The van der Waals surface area contributed by atoms with Gasteiger partial charge in [-0.25, -0.2) is 0 Å². The van der Waals surface area contributed by atoms with Gasteiger partial charge in [0.1, 0.15) is 23.5 Å². The molecule has 0 aliphatic carbocycles. The summed E-state index contributed by atoms with van der Waals surface area (Å²) in [6.45, 7) is 1.49. The number of nitrogens with one attached hydrogen (secondary N) is 2. The van der Waals surface area contributed by atoms with Crippen molar-refractivity contribution in [2.45, 2.75) is 50.0 Å². The number of H-pyrrole nitrogens is 1. The molecule has 4 amide bonds. The number of hydrogen-bond donors (Lipinski definition) is 4. The molecule has 16 heteroatoms. The molecule has 2 aliphatic rings. The Morgan fingerprint density at radius 3 is 2.50 bits per heavy atom. The number of rotatable bonds is 7. The molecule has 3 atom stereocenters. The number of hydrogen-bond acceptors (Lipinski definition) is 6. The van der Waals surface area contributed by atoms with Gasteiger partial charge in [0.2, 0.25) is 17.7 Å². The monoisotopic (exact) mass is 661 g/mol. The number of halogens is 2. The third kappa shape index (κ3) is 6.09. The highest BCUT2D eigenvalue weighted by molar-refractivity contribution is 7.52. The number of ether oxygens (including phenoxy) is 1. The van der Waals surface area contributed by atoms with Gasteiger partial charge < -0.3 is 39.5 Å². The van der Waals surface area contributed by atoms with E-state index in [0.717, 1.165) is 18.2 Å². The number of amides is 4. The van der Waals surface area contributed by atoms with Crippen LogP contribution in [0.4, 0.5) is 14.5 Å². The molecule has 0 radical (unpaired) electrons. The summed E-state index contributed by atoms with van der Waals surface area (Å²) in [5.74, 6) is -1.50. The molecular formula is C30H34F2N5O8P.